The number of nitrogens with zero attached hydrogens (tertiary/aromatic N) is 2. The van der Waals surface area contributed by atoms with E-state index in [1.54, 1.807) is 0 Å². The van der Waals surface area contributed by atoms with Crippen molar-refractivity contribution in [2.75, 3.05) is 0 Å². The topological polar surface area (TPSA) is 38.9 Å². The van der Waals surface area contributed by atoms with Gasteiger partial charge >= 0.3 is 0 Å². The van der Waals surface area contributed by atoms with Crippen LogP contribution in [0.5, 0.6) is 0 Å². The fraction of sp³-hybridized carbons (Fsp3) is 0.150. The van der Waals surface area contributed by atoms with Gasteiger partial charge in [-0.2, -0.15) is 0 Å². The van der Waals surface area contributed by atoms with Crippen LogP contribution >= 0.6 is 0 Å². The first kappa shape index (κ1) is 32.0. The molecule has 1 aliphatic rings. The number of rotatable bonds is 3. The summed E-state index contributed by atoms with van der Waals surface area (Å²) in [7, 11) is -2.94. The van der Waals surface area contributed by atoms with Crippen molar-refractivity contribution in [3.05, 3.63) is 127 Å². The van der Waals surface area contributed by atoms with Crippen LogP contribution in [-0.2, 0) is 20.1 Å². The van der Waals surface area contributed by atoms with Gasteiger partial charge in [-0.1, -0.05) is 104 Å². The summed E-state index contributed by atoms with van der Waals surface area (Å²) in [5.41, 5.74) is 9.57. The summed E-state index contributed by atoms with van der Waals surface area (Å²) in [5, 5.41) is 6.65. The molecule has 0 saturated carbocycles. The molecular formula is C40H36IrN2OSi2-2. The third-order valence-corrected chi connectivity index (χ3v) is 14.5. The van der Waals surface area contributed by atoms with Crippen LogP contribution < -0.4 is 15.6 Å². The summed E-state index contributed by atoms with van der Waals surface area (Å²) in [6, 6.07) is 40.4. The number of aryl methyl sites for hydroxylation is 1. The molecule has 4 heterocycles. The molecule has 46 heavy (non-hydrogen) atoms. The summed E-state index contributed by atoms with van der Waals surface area (Å²) in [5.74, 6) is 0. The maximum absolute atomic E-state index is 6.62. The van der Waals surface area contributed by atoms with E-state index in [0.717, 1.165) is 39.1 Å². The zero-order valence-electron chi connectivity index (χ0n) is 27.0. The van der Waals surface area contributed by atoms with E-state index in [9.17, 15) is 0 Å². The third kappa shape index (κ3) is 5.65. The van der Waals surface area contributed by atoms with Crippen LogP contribution in [0.25, 0.3) is 55.6 Å². The Morgan fingerprint density at radius 2 is 1.50 bits per heavy atom. The number of fused-ring (bicyclic) bond motifs is 7. The third-order valence-electron chi connectivity index (χ3n) is 8.93. The number of hydrogen-bond acceptors (Lipinski definition) is 3. The maximum atomic E-state index is 6.62. The van der Waals surface area contributed by atoms with Crippen LogP contribution in [0.1, 0.15) is 5.56 Å². The molecule has 0 N–H and O–H groups in total. The molecule has 0 amide bonds. The number of pyridine rings is 2. The van der Waals surface area contributed by atoms with E-state index in [-0.39, 0.29) is 20.1 Å². The van der Waals surface area contributed by atoms with Crippen molar-refractivity contribution in [1.29, 1.82) is 0 Å². The molecule has 3 nitrogen and oxygen atoms in total. The Kier molecular flexibility index (Phi) is 8.59. The van der Waals surface area contributed by atoms with Gasteiger partial charge in [0.05, 0.1) is 13.7 Å². The van der Waals surface area contributed by atoms with E-state index in [4.69, 9.17) is 4.42 Å². The SMILES string of the molecule is C[Si](C)(C)c1ccc(-c2[c-]cccc2)nc1.Cc1ccnc(-c2[c-]ccc3c2oc2c4c(ccc23)[Si](C)(C)c2ccccc2-4)c1.[Ir]. The summed E-state index contributed by atoms with van der Waals surface area (Å²) in [6.07, 6.45) is 3.87. The predicted molar refractivity (Wildman–Crippen MR) is 194 cm³/mol. The van der Waals surface area contributed by atoms with Gasteiger partial charge in [0.15, 0.2) is 0 Å². The molecule has 0 bridgehead atoms. The second-order valence-electron chi connectivity index (χ2n) is 13.4. The Hall–Kier alpha value is -3.94. The second kappa shape index (κ2) is 12.3. The van der Waals surface area contributed by atoms with Gasteiger partial charge in [-0.25, -0.2) is 0 Å². The average molecular weight is 809 g/mol. The van der Waals surface area contributed by atoms with E-state index in [0.29, 0.717) is 0 Å². The molecule has 0 saturated heterocycles. The maximum Gasteiger partial charge on any atom is 0.128 e. The minimum atomic E-state index is -1.71. The molecule has 0 aliphatic carbocycles. The molecule has 0 spiro atoms. The van der Waals surface area contributed by atoms with Crippen molar-refractivity contribution in [1.82, 2.24) is 9.97 Å². The molecule has 0 atom stereocenters. The largest absolute Gasteiger partial charge is 0.500 e. The van der Waals surface area contributed by atoms with E-state index >= 15 is 0 Å². The van der Waals surface area contributed by atoms with Gasteiger partial charge in [0.1, 0.15) is 13.7 Å². The number of aromatic nitrogens is 2. The molecule has 8 rings (SSSR count). The zero-order valence-corrected chi connectivity index (χ0v) is 31.4. The van der Waals surface area contributed by atoms with Crippen molar-refractivity contribution in [2.24, 2.45) is 0 Å². The Balaban J connectivity index is 0.000000187. The zero-order chi connectivity index (χ0) is 31.3. The fourth-order valence-corrected chi connectivity index (χ4v) is 10.5. The van der Waals surface area contributed by atoms with Crippen LogP contribution in [0.15, 0.2) is 114 Å². The van der Waals surface area contributed by atoms with Crippen molar-refractivity contribution in [3.8, 4) is 33.6 Å². The Labute approximate surface area is 287 Å². The Morgan fingerprint density at radius 1 is 0.717 bits per heavy atom. The van der Waals surface area contributed by atoms with Gasteiger partial charge < -0.3 is 14.4 Å². The summed E-state index contributed by atoms with van der Waals surface area (Å²) in [6.45, 7) is 13.9. The average Bonchev–Trinajstić information content (AvgIpc) is 3.54. The Bertz CT molecular complexity index is 2180. The van der Waals surface area contributed by atoms with Crippen molar-refractivity contribution < 1.29 is 24.5 Å². The normalized spacial score (nSPS) is 13.0. The number of furan rings is 1. The standard InChI is InChI=1S/C26H20NOSi.C14H16NSi.Ir/c1-16-13-14-27-21(15-16)19-9-6-8-17-18-11-12-23-24(26(18)28-25(17)19)20-7-4-5-10-22(20)29(23,2)3;1-16(2,3)13-9-10-14(15-11-13)12-7-5-4-6-8-12;/h4-8,10-15H,1-3H3;4-7,9-11H,1-3H3;/q2*-1;. The molecule has 231 valence electrons. The van der Waals surface area contributed by atoms with Crippen LogP contribution in [-0.4, -0.2) is 26.1 Å². The summed E-state index contributed by atoms with van der Waals surface area (Å²) < 4.78 is 6.62. The summed E-state index contributed by atoms with van der Waals surface area (Å²) in [4.78, 5) is 9.10. The molecule has 4 aromatic carbocycles. The molecule has 0 fully saturated rings. The molecule has 1 radical (unpaired) electrons. The van der Waals surface area contributed by atoms with Gasteiger partial charge in [0, 0.05) is 43.4 Å². The van der Waals surface area contributed by atoms with Crippen molar-refractivity contribution >= 4 is 53.6 Å². The number of benzene rings is 4. The molecule has 0 unspecified atom stereocenters. The van der Waals surface area contributed by atoms with Crippen molar-refractivity contribution in [2.45, 2.75) is 39.7 Å². The monoisotopic (exact) mass is 809 g/mol. The second-order valence-corrected chi connectivity index (χ2v) is 22.8. The van der Waals surface area contributed by atoms with Gasteiger partial charge in [-0.3, -0.25) is 0 Å². The first-order chi connectivity index (χ1) is 21.6. The van der Waals surface area contributed by atoms with E-state index < -0.39 is 16.1 Å². The van der Waals surface area contributed by atoms with Crippen LogP contribution in [0.4, 0.5) is 0 Å². The van der Waals surface area contributed by atoms with Gasteiger partial charge in [-0.15, -0.1) is 54.1 Å². The fourth-order valence-electron chi connectivity index (χ4n) is 6.40. The molecule has 7 aromatic rings. The van der Waals surface area contributed by atoms with Gasteiger partial charge in [-0.05, 0) is 45.5 Å². The van der Waals surface area contributed by atoms with Crippen LogP contribution in [0, 0.1) is 19.1 Å². The predicted octanol–water partition coefficient (Wildman–Crippen LogP) is 8.65. The minimum absolute atomic E-state index is 0. The van der Waals surface area contributed by atoms with Crippen LogP contribution in [0.3, 0.4) is 0 Å². The molecule has 3 aromatic heterocycles. The first-order valence-corrected chi connectivity index (χ1v) is 22.0. The van der Waals surface area contributed by atoms with Gasteiger partial charge in [0.25, 0.3) is 0 Å². The van der Waals surface area contributed by atoms with Crippen LogP contribution in [0.2, 0.25) is 32.7 Å². The van der Waals surface area contributed by atoms with Crippen molar-refractivity contribution in [3.63, 3.8) is 0 Å². The van der Waals surface area contributed by atoms with E-state index in [2.05, 4.69) is 122 Å². The molecule has 1 aliphatic heterocycles. The molecule has 6 heteroatoms. The van der Waals surface area contributed by atoms with E-state index in [1.165, 1.54) is 37.6 Å². The smallest absolute Gasteiger partial charge is 0.128 e. The van der Waals surface area contributed by atoms with Gasteiger partial charge in [0.2, 0.25) is 0 Å². The summed E-state index contributed by atoms with van der Waals surface area (Å²) >= 11 is 0. The number of hydrogen-bond donors (Lipinski definition) is 0. The molecular weight excluding hydrogens is 773 g/mol. The quantitative estimate of drug-likeness (QED) is 0.133. The van der Waals surface area contributed by atoms with E-state index in [1.807, 2.05) is 48.8 Å². The Morgan fingerprint density at radius 3 is 2.22 bits per heavy atom. The minimum Gasteiger partial charge on any atom is -0.500 e. The first-order valence-electron chi connectivity index (χ1n) is 15.5.